The molecule has 0 saturated heterocycles. The van der Waals surface area contributed by atoms with Crippen molar-refractivity contribution < 1.29 is 19.4 Å². The number of aromatic hydroxyl groups is 1. The van der Waals surface area contributed by atoms with Gasteiger partial charge in [-0.05, 0) is 153 Å². The smallest absolute Gasteiger partial charge is 0.331 e. The molecule has 1 aromatic carbocycles. The van der Waals surface area contributed by atoms with E-state index in [1.165, 1.54) is 76.5 Å². The van der Waals surface area contributed by atoms with E-state index in [2.05, 4.69) is 61.5 Å². The molecule has 1 aromatic rings. The van der Waals surface area contributed by atoms with Crippen LogP contribution in [0.4, 0.5) is 0 Å². The highest BCUT2D eigenvalue weighted by molar-refractivity contribution is 5.87. The van der Waals surface area contributed by atoms with E-state index in [-0.39, 0.29) is 23.2 Å². The lowest BCUT2D eigenvalue weighted by molar-refractivity contribution is -0.179. The van der Waals surface area contributed by atoms with Crippen molar-refractivity contribution in [2.45, 2.75) is 126 Å². The number of hydrogen-bond acceptors (Lipinski definition) is 4. The molecule has 5 aliphatic carbocycles. The van der Waals surface area contributed by atoms with E-state index in [0.29, 0.717) is 39.2 Å². The summed E-state index contributed by atoms with van der Waals surface area (Å²) in [7, 11) is 1.53. The molecular formula is C41H60O4. The Hall–Kier alpha value is -2.23. The Kier molecular flexibility index (Phi) is 8.13. The fourth-order valence-electron chi connectivity index (χ4n) is 13.0. The third-order valence-electron chi connectivity index (χ3n) is 15.0. The van der Waals surface area contributed by atoms with Crippen LogP contribution in [-0.4, -0.2) is 24.3 Å². The summed E-state index contributed by atoms with van der Waals surface area (Å²) in [6, 6.07) is 5.09. The highest BCUT2D eigenvalue weighted by Gasteiger charge is 2.82. The summed E-state index contributed by atoms with van der Waals surface area (Å²) in [5, 5.41) is 9.89. The van der Waals surface area contributed by atoms with Gasteiger partial charge in [-0.25, -0.2) is 4.79 Å². The van der Waals surface area contributed by atoms with E-state index in [4.69, 9.17) is 9.47 Å². The van der Waals surface area contributed by atoms with Gasteiger partial charge in [-0.15, -0.1) is 0 Å². The van der Waals surface area contributed by atoms with Gasteiger partial charge in [0.1, 0.15) is 6.10 Å². The molecule has 0 aromatic heterocycles. The molecule has 45 heavy (non-hydrogen) atoms. The number of allylic oxidation sites excluding steroid dienone is 2. The van der Waals surface area contributed by atoms with Gasteiger partial charge in [-0.3, -0.25) is 0 Å². The normalized spacial score (nSPS) is 40.7. The monoisotopic (exact) mass is 616 g/mol. The minimum Gasteiger partial charge on any atom is -0.504 e. The fourth-order valence-corrected chi connectivity index (χ4v) is 13.0. The topological polar surface area (TPSA) is 55.8 Å². The molecule has 1 N–H and O–H groups in total. The summed E-state index contributed by atoms with van der Waals surface area (Å²) < 4.78 is 11.5. The number of carbonyl (C=O) groups is 1. The predicted octanol–water partition coefficient (Wildman–Crippen LogP) is 10.4. The van der Waals surface area contributed by atoms with Crippen molar-refractivity contribution in [3.63, 3.8) is 0 Å². The first-order chi connectivity index (χ1) is 21.1. The average molecular weight is 617 g/mol. The predicted molar refractivity (Wildman–Crippen MR) is 183 cm³/mol. The third kappa shape index (κ3) is 4.93. The van der Waals surface area contributed by atoms with E-state index in [0.717, 1.165) is 29.7 Å². The summed E-state index contributed by atoms with van der Waals surface area (Å²) in [4.78, 5) is 13.1. The molecular weight excluding hydrogens is 556 g/mol. The van der Waals surface area contributed by atoms with E-state index in [9.17, 15) is 9.90 Å². The van der Waals surface area contributed by atoms with Crippen LogP contribution in [0.2, 0.25) is 0 Å². The van der Waals surface area contributed by atoms with Gasteiger partial charge in [-0.2, -0.15) is 0 Å². The van der Waals surface area contributed by atoms with Gasteiger partial charge in [0.15, 0.2) is 11.5 Å². The summed E-state index contributed by atoms with van der Waals surface area (Å²) >= 11 is 0. The van der Waals surface area contributed by atoms with Crippen LogP contribution in [0.15, 0.2) is 35.9 Å². The lowest BCUT2D eigenvalue weighted by atomic mass is 9.41. The largest absolute Gasteiger partial charge is 0.504 e. The highest BCUT2D eigenvalue weighted by Crippen LogP contribution is 2.89. The number of ether oxygens (including phenoxy) is 2. The van der Waals surface area contributed by atoms with Gasteiger partial charge < -0.3 is 14.6 Å². The summed E-state index contributed by atoms with van der Waals surface area (Å²) in [5.74, 6) is 3.94. The van der Waals surface area contributed by atoms with Crippen molar-refractivity contribution >= 4 is 12.0 Å². The second-order valence-electron chi connectivity index (χ2n) is 17.6. The van der Waals surface area contributed by atoms with Crippen LogP contribution in [0, 0.1) is 56.7 Å². The number of fused-ring (bicyclic) bond motifs is 2. The Morgan fingerprint density at radius 2 is 1.67 bits per heavy atom. The van der Waals surface area contributed by atoms with Crippen LogP contribution >= 0.6 is 0 Å². The zero-order valence-electron chi connectivity index (χ0n) is 29.7. The van der Waals surface area contributed by atoms with Gasteiger partial charge in [0.05, 0.1) is 7.11 Å². The highest BCUT2D eigenvalue weighted by atomic mass is 16.5. The van der Waals surface area contributed by atoms with Crippen LogP contribution in [0.5, 0.6) is 11.5 Å². The van der Waals surface area contributed by atoms with Crippen molar-refractivity contribution in [3.8, 4) is 11.5 Å². The maximum atomic E-state index is 13.1. The van der Waals surface area contributed by atoms with Crippen molar-refractivity contribution in [1.82, 2.24) is 0 Å². The van der Waals surface area contributed by atoms with E-state index < -0.39 is 0 Å². The van der Waals surface area contributed by atoms with Gasteiger partial charge >= 0.3 is 5.97 Å². The first-order valence-electron chi connectivity index (χ1n) is 18.0. The molecule has 5 saturated carbocycles. The quantitative estimate of drug-likeness (QED) is 0.179. The summed E-state index contributed by atoms with van der Waals surface area (Å²) in [5.41, 5.74) is 4.03. The van der Waals surface area contributed by atoms with Gasteiger partial charge in [0.2, 0.25) is 0 Å². The van der Waals surface area contributed by atoms with E-state index in [1.807, 2.05) is 0 Å². The molecule has 0 amide bonds. The van der Waals surface area contributed by atoms with Gasteiger partial charge in [-0.1, -0.05) is 59.3 Å². The molecule has 248 valence electrons. The summed E-state index contributed by atoms with van der Waals surface area (Å²) in [6.45, 7) is 19.7. The van der Waals surface area contributed by atoms with Crippen molar-refractivity contribution in [2.24, 2.45) is 56.7 Å². The molecule has 0 radical (unpaired) electrons. The van der Waals surface area contributed by atoms with Crippen LogP contribution in [0.25, 0.3) is 6.08 Å². The van der Waals surface area contributed by atoms with Gasteiger partial charge in [0.25, 0.3) is 0 Å². The van der Waals surface area contributed by atoms with Crippen molar-refractivity contribution in [1.29, 1.82) is 0 Å². The third-order valence-corrected chi connectivity index (χ3v) is 15.0. The van der Waals surface area contributed by atoms with Crippen LogP contribution in [0.3, 0.4) is 0 Å². The molecule has 4 unspecified atom stereocenters. The van der Waals surface area contributed by atoms with Crippen LogP contribution in [0.1, 0.15) is 125 Å². The molecule has 5 fully saturated rings. The molecule has 0 heterocycles. The first-order valence-corrected chi connectivity index (χ1v) is 18.0. The summed E-state index contributed by atoms with van der Waals surface area (Å²) in [6.07, 6.45) is 18.9. The molecule has 5 aliphatic rings. The lowest BCUT2D eigenvalue weighted by Gasteiger charge is -2.63. The number of rotatable bonds is 8. The Morgan fingerprint density at radius 1 is 0.956 bits per heavy atom. The Bertz CT molecular complexity index is 1370. The standard InChI is InChI=1S/C41H60O4/c1-26(2)22-27(3)23-28(4)30-16-18-39(8)34-14-13-33-37(5,6)35(17-19-40(33)25-41(34,40)21-20-38(30,39)7)45-36(43)15-11-29-10-12-31(42)32(24-29)44-9/h10-12,15,22,24,27-28,30,33-35,42H,13-14,16-21,23,25H2,1-9H3/b15-11+/t27?,28-,30?,33?,34?,35+,38-,39+,40-,41+/m1/s1. The zero-order valence-corrected chi connectivity index (χ0v) is 29.7. The number of benzene rings is 1. The van der Waals surface area contributed by atoms with Gasteiger partial charge in [0, 0.05) is 11.5 Å². The minimum absolute atomic E-state index is 0.0343. The molecule has 6 rings (SSSR count). The average Bonchev–Trinajstić information content (AvgIpc) is 3.55. The molecule has 2 spiro atoms. The SMILES string of the molecule is COc1cc(/C=C/C(=O)O[C@H]2CC[C@]34C[C@]35CC[C@]3(C)C([C@H](C)CC(C)C=C(C)C)CC[C@@]3(C)C5CCC4C2(C)C)ccc1O. The Balaban J connectivity index is 1.15. The molecule has 4 nitrogen and oxygen atoms in total. The fraction of sp³-hybridized carbons (Fsp3) is 0.732. The van der Waals surface area contributed by atoms with Crippen LogP contribution in [-0.2, 0) is 9.53 Å². The van der Waals surface area contributed by atoms with Crippen molar-refractivity contribution in [3.05, 3.63) is 41.5 Å². The maximum absolute atomic E-state index is 13.1. The lowest BCUT2D eigenvalue weighted by Crippen LogP contribution is -2.58. The van der Waals surface area contributed by atoms with E-state index >= 15 is 0 Å². The number of esters is 1. The number of phenolic OH excluding ortho intramolecular Hbond substituents is 1. The maximum Gasteiger partial charge on any atom is 0.331 e. The minimum atomic E-state index is -0.277. The molecule has 0 bridgehead atoms. The molecule has 10 atom stereocenters. The van der Waals surface area contributed by atoms with Crippen molar-refractivity contribution in [2.75, 3.05) is 7.11 Å². The molecule has 0 aliphatic heterocycles. The second-order valence-corrected chi connectivity index (χ2v) is 17.6. The number of carbonyl (C=O) groups excluding carboxylic acids is 1. The Labute approximate surface area is 273 Å². The second kappa shape index (κ2) is 11.2. The molecule has 4 heteroatoms. The zero-order chi connectivity index (χ0) is 32.6. The van der Waals surface area contributed by atoms with Crippen LogP contribution < -0.4 is 4.74 Å². The first kappa shape index (κ1) is 32.7. The number of methoxy groups -OCH3 is 1. The number of hydrogen-bond donors (Lipinski definition) is 1. The Morgan fingerprint density at radius 3 is 2.38 bits per heavy atom. The van der Waals surface area contributed by atoms with E-state index in [1.54, 1.807) is 24.3 Å². The number of phenols is 1.